The highest BCUT2D eigenvalue weighted by Gasteiger charge is 2.03. The second kappa shape index (κ2) is 3.24. The van der Waals surface area contributed by atoms with Gasteiger partial charge in [0, 0.05) is 5.38 Å². The van der Waals surface area contributed by atoms with E-state index in [4.69, 9.17) is 0 Å². The Morgan fingerprint density at radius 3 is 2.91 bits per heavy atom. The van der Waals surface area contributed by atoms with Crippen molar-refractivity contribution in [2.45, 2.75) is 6.61 Å². The Kier molecular flexibility index (Phi) is 2.53. The van der Waals surface area contributed by atoms with E-state index >= 15 is 0 Å². The Morgan fingerprint density at radius 1 is 1.73 bits per heavy atom. The normalized spacial score (nSPS) is 11.7. The second-order valence-corrected chi connectivity index (χ2v) is 4.12. The van der Waals surface area contributed by atoms with Crippen molar-refractivity contribution in [3.8, 4) is 0 Å². The highest BCUT2D eigenvalue weighted by Crippen LogP contribution is 2.00. The molecule has 5 nitrogen and oxygen atoms in total. The van der Waals surface area contributed by atoms with Crippen molar-refractivity contribution >= 4 is 21.7 Å². The van der Waals surface area contributed by atoms with Crippen LogP contribution in [0, 0.1) is 0 Å². The van der Waals surface area contributed by atoms with Crippen molar-refractivity contribution in [1.29, 1.82) is 0 Å². The van der Waals surface area contributed by atoms with E-state index in [0.717, 1.165) is 17.8 Å². The van der Waals surface area contributed by atoms with Gasteiger partial charge in [0.05, 0.1) is 6.26 Å². The van der Waals surface area contributed by atoms with Crippen molar-refractivity contribution in [3.63, 3.8) is 0 Å². The van der Waals surface area contributed by atoms with Crippen LogP contribution < -0.4 is 0 Å². The standard InChI is InChI=1S/C4H6N2O3S2/c1-11(7,8)9-2-4-3-10-6-5-4/h3H,2H2,1H3. The lowest BCUT2D eigenvalue weighted by Gasteiger charge is -1.94. The Bertz CT molecular complexity index is 304. The summed E-state index contributed by atoms with van der Waals surface area (Å²) in [5.41, 5.74) is 0.528. The minimum atomic E-state index is -3.36. The zero-order valence-electron chi connectivity index (χ0n) is 5.72. The molecular weight excluding hydrogens is 188 g/mol. The minimum Gasteiger partial charge on any atom is -0.264 e. The summed E-state index contributed by atoms with van der Waals surface area (Å²) in [5.74, 6) is 0. The molecule has 0 N–H and O–H groups in total. The largest absolute Gasteiger partial charge is 0.264 e. The topological polar surface area (TPSA) is 69.2 Å². The lowest BCUT2D eigenvalue weighted by atomic mass is 10.6. The van der Waals surface area contributed by atoms with Crippen LogP contribution in [0.15, 0.2) is 5.38 Å². The Hall–Kier alpha value is -0.530. The SMILES string of the molecule is CS(=O)(=O)OCc1csnn1. The number of rotatable bonds is 3. The highest BCUT2D eigenvalue weighted by molar-refractivity contribution is 7.85. The first-order chi connectivity index (χ1) is 5.08. The molecule has 0 aliphatic heterocycles. The van der Waals surface area contributed by atoms with Gasteiger partial charge in [-0.3, -0.25) is 4.18 Å². The smallest absolute Gasteiger partial charge is 0.264 e. The number of hydrogen-bond acceptors (Lipinski definition) is 6. The summed E-state index contributed by atoms with van der Waals surface area (Å²) in [4.78, 5) is 0. The van der Waals surface area contributed by atoms with E-state index in [2.05, 4.69) is 13.8 Å². The fraction of sp³-hybridized carbons (Fsp3) is 0.500. The van der Waals surface area contributed by atoms with Gasteiger partial charge in [0.15, 0.2) is 0 Å². The predicted octanol–water partition coefficient (Wildman–Crippen LogP) is 0.0143. The maximum Gasteiger partial charge on any atom is 0.264 e. The molecule has 0 spiro atoms. The van der Waals surface area contributed by atoms with E-state index < -0.39 is 10.1 Å². The van der Waals surface area contributed by atoms with Crippen molar-refractivity contribution in [1.82, 2.24) is 9.59 Å². The molecule has 1 heterocycles. The Balaban J connectivity index is 2.48. The van der Waals surface area contributed by atoms with Crippen LogP contribution in [0.1, 0.15) is 5.69 Å². The van der Waals surface area contributed by atoms with Gasteiger partial charge in [0.25, 0.3) is 10.1 Å². The van der Waals surface area contributed by atoms with Crippen LogP contribution in [-0.2, 0) is 20.9 Å². The lowest BCUT2D eigenvalue weighted by molar-refractivity contribution is 0.307. The summed E-state index contributed by atoms with van der Waals surface area (Å²) in [6.45, 7) is -0.0324. The molecule has 0 fully saturated rings. The summed E-state index contributed by atoms with van der Waals surface area (Å²) in [7, 11) is -3.36. The van der Waals surface area contributed by atoms with Gasteiger partial charge in [0.2, 0.25) is 0 Å². The van der Waals surface area contributed by atoms with Gasteiger partial charge in [-0.1, -0.05) is 4.49 Å². The molecule has 0 radical (unpaired) electrons. The summed E-state index contributed by atoms with van der Waals surface area (Å²) in [5, 5.41) is 5.23. The zero-order chi connectivity index (χ0) is 8.32. The molecule has 0 saturated heterocycles. The average Bonchev–Trinajstić information content (AvgIpc) is 2.32. The molecule has 0 aliphatic rings. The maximum atomic E-state index is 10.5. The molecular formula is C4H6N2O3S2. The fourth-order valence-corrected chi connectivity index (χ4v) is 1.19. The first kappa shape index (κ1) is 8.57. The van der Waals surface area contributed by atoms with Crippen LogP contribution in [0.4, 0.5) is 0 Å². The van der Waals surface area contributed by atoms with Gasteiger partial charge in [-0.05, 0) is 11.5 Å². The van der Waals surface area contributed by atoms with Crippen molar-refractivity contribution in [2.75, 3.05) is 6.26 Å². The molecule has 0 atom stereocenters. The third-order valence-corrected chi connectivity index (χ3v) is 1.93. The summed E-state index contributed by atoms with van der Waals surface area (Å²) in [6, 6.07) is 0. The first-order valence-electron chi connectivity index (χ1n) is 2.68. The molecule has 0 unspecified atom stereocenters. The van der Waals surface area contributed by atoms with Crippen LogP contribution in [0.3, 0.4) is 0 Å². The fourth-order valence-electron chi connectivity index (χ4n) is 0.414. The van der Waals surface area contributed by atoms with Crippen molar-refractivity contribution < 1.29 is 12.6 Å². The minimum absolute atomic E-state index is 0.0324. The van der Waals surface area contributed by atoms with Crippen LogP contribution in [0.5, 0.6) is 0 Å². The molecule has 1 aromatic heterocycles. The molecule has 0 aliphatic carbocycles. The molecule has 1 rings (SSSR count). The summed E-state index contributed by atoms with van der Waals surface area (Å²) >= 11 is 1.15. The molecule has 0 amide bonds. The second-order valence-electron chi connectivity index (χ2n) is 1.86. The Morgan fingerprint density at radius 2 is 2.45 bits per heavy atom. The molecule has 7 heteroatoms. The quantitative estimate of drug-likeness (QED) is 0.634. The van der Waals surface area contributed by atoms with Gasteiger partial charge >= 0.3 is 0 Å². The van der Waals surface area contributed by atoms with Gasteiger partial charge in [0.1, 0.15) is 12.3 Å². The van der Waals surface area contributed by atoms with E-state index in [1.807, 2.05) is 0 Å². The average molecular weight is 194 g/mol. The van der Waals surface area contributed by atoms with E-state index in [0.29, 0.717) is 5.69 Å². The zero-order valence-corrected chi connectivity index (χ0v) is 7.35. The number of aromatic nitrogens is 2. The van der Waals surface area contributed by atoms with E-state index in [1.54, 1.807) is 5.38 Å². The van der Waals surface area contributed by atoms with Gasteiger partial charge in [-0.2, -0.15) is 8.42 Å². The summed E-state index contributed by atoms with van der Waals surface area (Å²) in [6.07, 6.45) is 0.993. The van der Waals surface area contributed by atoms with E-state index in [9.17, 15) is 8.42 Å². The van der Waals surface area contributed by atoms with Crippen LogP contribution in [-0.4, -0.2) is 24.3 Å². The number of hydrogen-bond donors (Lipinski definition) is 0. The van der Waals surface area contributed by atoms with Crippen LogP contribution >= 0.6 is 11.5 Å². The summed E-state index contributed by atoms with van der Waals surface area (Å²) < 4.78 is 28.9. The predicted molar refractivity (Wildman–Crippen MR) is 39.5 cm³/mol. The lowest BCUT2D eigenvalue weighted by Crippen LogP contribution is -2.02. The van der Waals surface area contributed by atoms with E-state index in [-0.39, 0.29) is 6.61 Å². The van der Waals surface area contributed by atoms with Gasteiger partial charge < -0.3 is 0 Å². The van der Waals surface area contributed by atoms with Crippen molar-refractivity contribution in [2.24, 2.45) is 0 Å². The van der Waals surface area contributed by atoms with Crippen LogP contribution in [0.2, 0.25) is 0 Å². The first-order valence-corrected chi connectivity index (χ1v) is 5.33. The molecule has 11 heavy (non-hydrogen) atoms. The third-order valence-electron chi connectivity index (χ3n) is 0.826. The van der Waals surface area contributed by atoms with Crippen LogP contribution in [0.25, 0.3) is 0 Å². The highest BCUT2D eigenvalue weighted by atomic mass is 32.2. The van der Waals surface area contributed by atoms with E-state index in [1.165, 1.54) is 0 Å². The molecule has 0 saturated carbocycles. The van der Waals surface area contributed by atoms with Gasteiger partial charge in [-0.15, -0.1) is 5.10 Å². The third kappa shape index (κ3) is 3.40. The molecule has 0 bridgehead atoms. The molecule has 62 valence electrons. The maximum absolute atomic E-state index is 10.5. The molecule has 1 aromatic rings. The monoisotopic (exact) mass is 194 g/mol. The van der Waals surface area contributed by atoms with Gasteiger partial charge in [-0.25, -0.2) is 0 Å². The van der Waals surface area contributed by atoms with Crippen molar-refractivity contribution in [3.05, 3.63) is 11.1 Å². The molecule has 0 aromatic carbocycles. The Labute approximate surface area is 68.3 Å². The number of nitrogens with zero attached hydrogens (tertiary/aromatic N) is 2.